The number of pyridine rings is 1. The van der Waals surface area contributed by atoms with E-state index in [1.807, 2.05) is 49.5 Å². The molecule has 0 saturated heterocycles. The van der Waals surface area contributed by atoms with Crippen molar-refractivity contribution in [2.24, 2.45) is 7.05 Å². The van der Waals surface area contributed by atoms with Crippen LogP contribution in [0.1, 0.15) is 5.56 Å². The van der Waals surface area contributed by atoms with Crippen LogP contribution in [0.15, 0.2) is 65.6 Å². The Morgan fingerprint density at radius 3 is 2.69 bits per heavy atom. The molecular formula is C22H20ClN5O. The third-order valence-corrected chi connectivity index (χ3v) is 5.01. The molecule has 7 heteroatoms. The minimum Gasteiger partial charge on any atom is -0.324 e. The van der Waals surface area contributed by atoms with Crippen LogP contribution in [-0.4, -0.2) is 21.6 Å². The molecular weight excluding hydrogens is 386 g/mol. The number of rotatable bonds is 5. The maximum Gasteiger partial charge on any atom is 0.259 e. The van der Waals surface area contributed by atoms with E-state index in [-0.39, 0.29) is 5.56 Å². The third kappa shape index (κ3) is 3.85. The summed E-state index contributed by atoms with van der Waals surface area (Å²) in [5, 5.41) is 7.63. The first-order valence-electron chi connectivity index (χ1n) is 9.19. The molecule has 0 aliphatic rings. The van der Waals surface area contributed by atoms with Crippen molar-refractivity contribution in [3.05, 3.63) is 81.7 Å². The molecule has 0 aliphatic heterocycles. The molecule has 29 heavy (non-hydrogen) atoms. The number of hydrogen-bond donors (Lipinski definition) is 2. The lowest BCUT2D eigenvalue weighted by molar-refractivity contribution is 0.818. The third-order valence-electron chi connectivity index (χ3n) is 4.68. The first-order chi connectivity index (χ1) is 14.1. The number of benzene rings is 2. The Labute approximate surface area is 173 Å². The van der Waals surface area contributed by atoms with Gasteiger partial charge in [-0.1, -0.05) is 41.9 Å². The van der Waals surface area contributed by atoms with Crippen LogP contribution in [0.3, 0.4) is 0 Å². The minimum absolute atomic E-state index is 0.161. The summed E-state index contributed by atoms with van der Waals surface area (Å²) in [7, 11) is 3.61. The molecule has 0 fully saturated rings. The number of aryl methyl sites for hydroxylation is 1. The lowest BCUT2D eigenvalue weighted by atomic mass is 10.1. The average molecular weight is 406 g/mol. The van der Waals surface area contributed by atoms with Gasteiger partial charge in [-0.3, -0.25) is 9.36 Å². The van der Waals surface area contributed by atoms with Crippen molar-refractivity contribution in [2.75, 3.05) is 12.4 Å². The summed E-state index contributed by atoms with van der Waals surface area (Å²) in [5.41, 5.74) is 3.64. The molecule has 0 aliphatic carbocycles. The fourth-order valence-corrected chi connectivity index (χ4v) is 3.51. The topological polar surface area (TPSA) is 71.8 Å². The van der Waals surface area contributed by atoms with Crippen molar-refractivity contribution in [1.29, 1.82) is 0 Å². The lowest BCUT2D eigenvalue weighted by Gasteiger charge is -2.11. The van der Waals surface area contributed by atoms with E-state index in [0.29, 0.717) is 27.7 Å². The van der Waals surface area contributed by atoms with Crippen molar-refractivity contribution < 1.29 is 0 Å². The Kier molecular flexibility index (Phi) is 5.29. The highest BCUT2D eigenvalue weighted by atomic mass is 35.5. The minimum atomic E-state index is -0.161. The standard InChI is InChI=1S/C22H20ClN5O/c1-24-12-14-6-5-7-16(10-14)26-22-25-13-15-11-18(17-8-3-4-9-19(17)23)21(29)28(2)20(15)27-22/h3-11,13,24H,12H2,1-2H3,(H,25,26,27). The van der Waals surface area contributed by atoms with Gasteiger partial charge in [0.25, 0.3) is 5.56 Å². The number of hydrogen-bond acceptors (Lipinski definition) is 5. The van der Waals surface area contributed by atoms with Crippen LogP contribution in [0.4, 0.5) is 11.6 Å². The molecule has 0 radical (unpaired) electrons. The van der Waals surface area contributed by atoms with Gasteiger partial charge in [0.2, 0.25) is 5.95 Å². The SMILES string of the molecule is CNCc1cccc(Nc2ncc3cc(-c4ccccc4Cl)c(=O)n(C)c3n2)c1. The monoisotopic (exact) mass is 405 g/mol. The van der Waals surface area contributed by atoms with E-state index in [1.165, 1.54) is 4.57 Å². The first kappa shape index (κ1) is 19.1. The molecule has 4 rings (SSSR count). The van der Waals surface area contributed by atoms with Gasteiger partial charge in [0.05, 0.1) is 0 Å². The molecule has 6 nitrogen and oxygen atoms in total. The molecule has 2 N–H and O–H groups in total. The normalized spacial score (nSPS) is 11.0. The maximum atomic E-state index is 12.9. The lowest BCUT2D eigenvalue weighted by Crippen LogP contribution is -2.20. The molecule has 2 aromatic heterocycles. The van der Waals surface area contributed by atoms with Gasteiger partial charge in [0.15, 0.2) is 0 Å². The molecule has 0 amide bonds. The predicted octanol–water partition coefficient (Wildman–Crippen LogP) is 4.11. The second-order valence-electron chi connectivity index (χ2n) is 6.73. The van der Waals surface area contributed by atoms with Gasteiger partial charge in [0.1, 0.15) is 5.65 Å². The van der Waals surface area contributed by atoms with Crippen LogP contribution in [-0.2, 0) is 13.6 Å². The van der Waals surface area contributed by atoms with Gasteiger partial charge >= 0.3 is 0 Å². The van der Waals surface area contributed by atoms with E-state index in [4.69, 9.17) is 11.6 Å². The fourth-order valence-electron chi connectivity index (χ4n) is 3.27. The summed E-state index contributed by atoms with van der Waals surface area (Å²) < 4.78 is 1.53. The Bertz CT molecular complexity index is 1250. The van der Waals surface area contributed by atoms with Crippen LogP contribution >= 0.6 is 11.6 Å². The first-order valence-corrected chi connectivity index (χ1v) is 9.57. The van der Waals surface area contributed by atoms with Crippen LogP contribution in [0.25, 0.3) is 22.2 Å². The fraction of sp³-hybridized carbons (Fsp3) is 0.136. The van der Waals surface area contributed by atoms with Crippen molar-refractivity contribution in [3.8, 4) is 11.1 Å². The van der Waals surface area contributed by atoms with Crippen molar-refractivity contribution in [1.82, 2.24) is 19.9 Å². The highest BCUT2D eigenvalue weighted by Crippen LogP contribution is 2.27. The van der Waals surface area contributed by atoms with Gasteiger partial charge < -0.3 is 10.6 Å². The van der Waals surface area contributed by atoms with Crippen molar-refractivity contribution in [3.63, 3.8) is 0 Å². The van der Waals surface area contributed by atoms with E-state index in [1.54, 1.807) is 25.4 Å². The summed E-state index contributed by atoms with van der Waals surface area (Å²) in [6.45, 7) is 0.771. The maximum absolute atomic E-state index is 12.9. The largest absolute Gasteiger partial charge is 0.324 e. The van der Waals surface area contributed by atoms with Gasteiger partial charge in [0, 0.05) is 47.0 Å². The van der Waals surface area contributed by atoms with E-state index in [9.17, 15) is 4.79 Å². The molecule has 146 valence electrons. The van der Waals surface area contributed by atoms with Crippen LogP contribution in [0, 0.1) is 0 Å². The number of fused-ring (bicyclic) bond motifs is 1. The van der Waals surface area contributed by atoms with Gasteiger partial charge in [-0.15, -0.1) is 0 Å². The van der Waals surface area contributed by atoms with Crippen LogP contribution < -0.4 is 16.2 Å². The number of aromatic nitrogens is 3. The number of anilines is 2. The number of nitrogens with one attached hydrogen (secondary N) is 2. The van der Waals surface area contributed by atoms with E-state index < -0.39 is 0 Å². The van der Waals surface area contributed by atoms with Crippen molar-refractivity contribution in [2.45, 2.75) is 6.54 Å². The second kappa shape index (κ2) is 8.03. The Morgan fingerprint density at radius 2 is 1.90 bits per heavy atom. The van der Waals surface area contributed by atoms with E-state index in [0.717, 1.165) is 23.2 Å². The van der Waals surface area contributed by atoms with Crippen LogP contribution in [0.5, 0.6) is 0 Å². The highest BCUT2D eigenvalue weighted by Gasteiger charge is 2.13. The summed E-state index contributed by atoms with van der Waals surface area (Å²) >= 11 is 6.29. The summed E-state index contributed by atoms with van der Waals surface area (Å²) in [4.78, 5) is 21.9. The molecule has 2 aromatic carbocycles. The predicted molar refractivity (Wildman–Crippen MR) is 118 cm³/mol. The van der Waals surface area contributed by atoms with Gasteiger partial charge in [-0.25, -0.2) is 4.98 Å². The van der Waals surface area contributed by atoms with Gasteiger partial charge in [-0.05, 0) is 36.9 Å². The Morgan fingerprint density at radius 1 is 1.07 bits per heavy atom. The number of halogens is 1. The molecule has 4 aromatic rings. The zero-order valence-corrected chi connectivity index (χ0v) is 16.9. The second-order valence-corrected chi connectivity index (χ2v) is 7.14. The highest BCUT2D eigenvalue weighted by molar-refractivity contribution is 6.33. The summed E-state index contributed by atoms with van der Waals surface area (Å²) in [6.07, 6.45) is 1.71. The number of nitrogens with zero attached hydrogens (tertiary/aromatic N) is 3. The van der Waals surface area contributed by atoms with E-state index >= 15 is 0 Å². The molecule has 0 spiro atoms. The molecule has 0 atom stereocenters. The smallest absolute Gasteiger partial charge is 0.259 e. The quantitative estimate of drug-likeness (QED) is 0.522. The average Bonchev–Trinajstić information content (AvgIpc) is 2.72. The van der Waals surface area contributed by atoms with E-state index in [2.05, 4.69) is 20.6 Å². The zero-order chi connectivity index (χ0) is 20.4. The van der Waals surface area contributed by atoms with Gasteiger partial charge in [-0.2, -0.15) is 4.98 Å². The molecule has 0 unspecified atom stereocenters. The van der Waals surface area contributed by atoms with Crippen LogP contribution in [0.2, 0.25) is 5.02 Å². The summed E-state index contributed by atoms with van der Waals surface area (Å²) in [5.74, 6) is 0.430. The Balaban J connectivity index is 1.75. The Hall–Kier alpha value is -3.22. The molecule has 0 bridgehead atoms. The molecule has 2 heterocycles. The molecule has 0 saturated carbocycles. The summed E-state index contributed by atoms with van der Waals surface area (Å²) in [6, 6.07) is 17.1. The van der Waals surface area contributed by atoms with Crippen molar-refractivity contribution >= 4 is 34.3 Å². The zero-order valence-electron chi connectivity index (χ0n) is 16.1.